The third kappa shape index (κ3) is 4.02. The van der Waals surface area contributed by atoms with E-state index in [1.807, 2.05) is 30.1 Å². The van der Waals surface area contributed by atoms with E-state index in [2.05, 4.69) is 38.9 Å². The number of hydrogen-bond acceptors (Lipinski definition) is 3. The fraction of sp³-hybridized carbons (Fsp3) is 0.556. The SMILES string of the molecule is CNC(CSC)Cc1cc(Br)cs1. The van der Waals surface area contributed by atoms with Crippen LogP contribution in [0.4, 0.5) is 0 Å². The summed E-state index contributed by atoms with van der Waals surface area (Å²) in [6, 6.07) is 2.80. The minimum absolute atomic E-state index is 0.598. The third-order valence-corrected chi connectivity index (χ3v) is 4.30. The molecule has 1 nitrogen and oxygen atoms in total. The maximum absolute atomic E-state index is 3.47. The highest BCUT2D eigenvalue weighted by Gasteiger charge is 2.07. The minimum atomic E-state index is 0.598. The molecule has 74 valence electrons. The summed E-state index contributed by atoms with van der Waals surface area (Å²) in [6.45, 7) is 0. The minimum Gasteiger partial charge on any atom is -0.316 e. The summed E-state index contributed by atoms with van der Waals surface area (Å²) in [7, 11) is 2.03. The van der Waals surface area contributed by atoms with Gasteiger partial charge in [0.1, 0.15) is 0 Å². The molecule has 1 N–H and O–H groups in total. The van der Waals surface area contributed by atoms with Crippen LogP contribution < -0.4 is 5.32 Å². The van der Waals surface area contributed by atoms with Crippen molar-refractivity contribution in [1.82, 2.24) is 5.32 Å². The van der Waals surface area contributed by atoms with Gasteiger partial charge < -0.3 is 5.32 Å². The maximum Gasteiger partial charge on any atom is 0.0285 e. The van der Waals surface area contributed by atoms with Gasteiger partial charge in [0.2, 0.25) is 0 Å². The van der Waals surface area contributed by atoms with Crippen molar-refractivity contribution in [2.24, 2.45) is 0 Å². The predicted molar refractivity (Wildman–Crippen MR) is 67.0 cm³/mol. The lowest BCUT2D eigenvalue weighted by Crippen LogP contribution is -2.29. The molecule has 0 spiro atoms. The highest BCUT2D eigenvalue weighted by molar-refractivity contribution is 9.10. The van der Waals surface area contributed by atoms with Gasteiger partial charge in [-0.15, -0.1) is 11.3 Å². The topological polar surface area (TPSA) is 12.0 Å². The van der Waals surface area contributed by atoms with Crippen molar-refractivity contribution in [3.05, 3.63) is 20.8 Å². The second-order valence-electron chi connectivity index (χ2n) is 2.88. The summed E-state index contributed by atoms with van der Waals surface area (Å²) in [5.41, 5.74) is 0. The van der Waals surface area contributed by atoms with E-state index in [4.69, 9.17) is 0 Å². The molecule has 0 fully saturated rings. The van der Waals surface area contributed by atoms with E-state index in [1.54, 1.807) is 0 Å². The molecule has 0 bridgehead atoms. The normalized spacial score (nSPS) is 13.2. The smallest absolute Gasteiger partial charge is 0.0285 e. The van der Waals surface area contributed by atoms with Gasteiger partial charge in [-0.2, -0.15) is 11.8 Å². The van der Waals surface area contributed by atoms with E-state index in [1.165, 1.54) is 15.1 Å². The first-order valence-electron chi connectivity index (χ1n) is 4.15. The van der Waals surface area contributed by atoms with E-state index >= 15 is 0 Å². The van der Waals surface area contributed by atoms with E-state index in [9.17, 15) is 0 Å². The summed E-state index contributed by atoms with van der Waals surface area (Å²) in [5.74, 6) is 1.17. The molecular weight excluding hydrogens is 266 g/mol. The van der Waals surface area contributed by atoms with E-state index in [-0.39, 0.29) is 0 Å². The lowest BCUT2D eigenvalue weighted by atomic mass is 10.2. The lowest BCUT2D eigenvalue weighted by molar-refractivity contribution is 0.622. The molecule has 0 saturated carbocycles. The molecule has 13 heavy (non-hydrogen) atoms. The zero-order valence-corrected chi connectivity index (χ0v) is 11.1. The second kappa shape index (κ2) is 6.06. The molecule has 1 aromatic rings. The van der Waals surface area contributed by atoms with Gasteiger partial charge in [0.05, 0.1) is 0 Å². The Morgan fingerprint density at radius 1 is 1.69 bits per heavy atom. The van der Waals surface area contributed by atoms with Crippen molar-refractivity contribution in [3.8, 4) is 0 Å². The molecule has 1 atom stereocenters. The van der Waals surface area contributed by atoms with Gasteiger partial charge in [-0.1, -0.05) is 0 Å². The van der Waals surface area contributed by atoms with Crippen molar-refractivity contribution in [1.29, 1.82) is 0 Å². The van der Waals surface area contributed by atoms with Gasteiger partial charge in [0.15, 0.2) is 0 Å². The van der Waals surface area contributed by atoms with Gasteiger partial charge in [-0.25, -0.2) is 0 Å². The monoisotopic (exact) mass is 279 g/mol. The Hall–Kier alpha value is 0.490. The van der Waals surface area contributed by atoms with Gasteiger partial charge in [-0.05, 0) is 41.7 Å². The Balaban J connectivity index is 2.46. The molecule has 1 aromatic heterocycles. The molecule has 1 unspecified atom stereocenters. The average Bonchev–Trinajstić information content (AvgIpc) is 2.50. The van der Waals surface area contributed by atoms with Crippen LogP contribution in [0.15, 0.2) is 15.9 Å². The fourth-order valence-electron chi connectivity index (χ4n) is 1.15. The van der Waals surface area contributed by atoms with Gasteiger partial charge >= 0.3 is 0 Å². The number of likely N-dealkylation sites (N-methyl/N-ethyl adjacent to an activating group) is 1. The van der Waals surface area contributed by atoms with Crippen LogP contribution in [0.1, 0.15) is 4.88 Å². The zero-order valence-electron chi connectivity index (χ0n) is 7.84. The van der Waals surface area contributed by atoms with Crippen molar-refractivity contribution in [3.63, 3.8) is 0 Å². The number of rotatable bonds is 5. The fourth-order valence-corrected chi connectivity index (χ4v) is 3.37. The molecule has 0 radical (unpaired) electrons. The van der Waals surface area contributed by atoms with Crippen LogP contribution >= 0.6 is 39.0 Å². The Bertz CT molecular complexity index is 250. The van der Waals surface area contributed by atoms with E-state index < -0.39 is 0 Å². The standard InChI is InChI=1S/C9H14BrNS2/c1-11-8(6-12-2)4-9-3-7(10)5-13-9/h3,5,8,11H,4,6H2,1-2H3. The van der Waals surface area contributed by atoms with Crippen molar-refractivity contribution in [2.75, 3.05) is 19.1 Å². The van der Waals surface area contributed by atoms with Gasteiger partial charge in [-0.3, -0.25) is 0 Å². The quantitative estimate of drug-likeness (QED) is 0.890. The molecule has 0 aliphatic rings. The van der Waals surface area contributed by atoms with E-state index in [0.29, 0.717) is 6.04 Å². The number of hydrogen-bond donors (Lipinski definition) is 1. The Morgan fingerprint density at radius 3 is 2.92 bits per heavy atom. The first kappa shape index (κ1) is 11.6. The predicted octanol–water partition coefficient (Wildman–Crippen LogP) is 3.00. The zero-order chi connectivity index (χ0) is 9.68. The first-order valence-corrected chi connectivity index (χ1v) is 7.22. The highest BCUT2D eigenvalue weighted by atomic mass is 79.9. The van der Waals surface area contributed by atoms with Crippen LogP contribution in [-0.2, 0) is 6.42 Å². The third-order valence-electron chi connectivity index (χ3n) is 1.85. The number of halogens is 1. The Labute approximate surface area is 96.4 Å². The maximum atomic E-state index is 3.47. The van der Waals surface area contributed by atoms with Crippen LogP contribution in [0.5, 0.6) is 0 Å². The summed E-state index contributed by atoms with van der Waals surface area (Å²) in [4.78, 5) is 1.44. The van der Waals surface area contributed by atoms with Crippen LogP contribution in [0.3, 0.4) is 0 Å². The van der Waals surface area contributed by atoms with E-state index in [0.717, 1.165) is 6.42 Å². The van der Waals surface area contributed by atoms with Crippen LogP contribution in [-0.4, -0.2) is 25.1 Å². The molecule has 0 saturated heterocycles. The molecular formula is C9H14BrNS2. The molecule has 4 heteroatoms. The highest BCUT2D eigenvalue weighted by Crippen LogP contribution is 2.21. The summed E-state index contributed by atoms with van der Waals surface area (Å²) in [5, 5.41) is 5.47. The summed E-state index contributed by atoms with van der Waals surface area (Å²) >= 11 is 7.18. The van der Waals surface area contributed by atoms with Gasteiger partial charge in [0, 0.05) is 26.5 Å². The largest absolute Gasteiger partial charge is 0.316 e. The van der Waals surface area contributed by atoms with Crippen LogP contribution in [0, 0.1) is 0 Å². The van der Waals surface area contributed by atoms with Crippen molar-refractivity contribution in [2.45, 2.75) is 12.5 Å². The number of thiophene rings is 1. The van der Waals surface area contributed by atoms with Crippen molar-refractivity contribution < 1.29 is 0 Å². The number of thioether (sulfide) groups is 1. The summed E-state index contributed by atoms with van der Waals surface area (Å²) in [6.07, 6.45) is 3.28. The molecule has 1 heterocycles. The van der Waals surface area contributed by atoms with Crippen LogP contribution in [0.2, 0.25) is 0 Å². The van der Waals surface area contributed by atoms with Crippen molar-refractivity contribution >= 4 is 39.0 Å². The second-order valence-corrected chi connectivity index (χ2v) is 5.70. The molecule has 0 aliphatic heterocycles. The molecule has 0 amide bonds. The first-order chi connectivity index (χ1) is 6.26. The van der Waals surface area contributed by atoms with Crippen LogP contribution in [0.25, 0.3) is 0 Å². The Morgan fingerprint density at radius 2 is 2.46 bits per heavy atom. The lowest BCUT2D eigenvalue weighted by Gasteiger charge is -2.12. The average molecular weight is 280 g/mol. The molecule has 0 aliphatic carbocycles. The van der Waals surface area contributed by atoms with Gasteiger partial charge in [0.25, 0.3) is 0 Å². The molecule has 1 rings (SSSR count). The Kier molecular flexibility index (Phi) is 5.39. The summed E-state index contributed by atoms with van der Waals surface area (Å²) < 4.78 is 1.20. The number of nitrogens with one attached hydrogen (secondary N) is 1. The molecule has 0 aromatic carbocycles.